The fourth-order valence-electron chi connectivity index (χ4n) is 3.93. The second-order valence-electron chi connectivity index (χ2n) is 8.05. The quantitative estimate of drug-likeness (QED) is 0.479. The number of aromatic nitrogens is 1. The van der Waals surface area contributed by atoms with Gasteiger partial charge in [0.25, 0.3) is 0 Å². The lowest BCUT2D eigenvalue weighted by Gasteiger charge is -2.20. The van der Waals surface area contributed by atoms with Crippen LogP contribution in [-0.4, -0.2) is 48.1 Å². The summed E-state index contributed by atoms with van der Waals surface area (Å²) >= 11 is 0. The van der Waals surface area contributed by atoms with Crippen LogP contribution in [0.25, 0.3) is 17.0 Å². The summed E-state index contributed by atoms with van der Waals surface area (Å²) in [5.41, 5.74) is 4.37. The number of benzene rings is 2. The Bertz CT molecular complexity index is 1140. The summed E-state index contributed by atoms with van der Waals surface area (Å²) < 4.78 is 5.57. The molecule has 0 aliphatic carbocycles. The van der Waals surface area contributed by atoms with Crippen LogP contribution < -0.4 is 4.74 Å². The number of aromatic amines is 1. The monoisotopic (exact) mass is 434 g/mol. The van der Waals surface area contributed by atoms with Gasteiger partial charge < -0.3 is 19.7 Å². The van der Waals surface area contributed by atoms with Gasteiger partial charge in [-0.1, -0.05) is 37.6 Å². The largest absolute Gasteiger partial charge is 0.496 e. The molecule has 1 atom stereocenters. The number of carboxylic acid groups (broad SMARTS) is 1. The predicted molar refractivity (Wildman–Crippen MR) is 127 cm³/mol. The molecular weight excluding hydrogens is 404 g/mol. The van der Waals surface area contributed by atoms with Gasteiger partial charge in [0.2, 0.25) is 5.91 Å². The molecule has 6 nitrogen and oxygen atoms in total. The molecule has 0 spiro atoms. The first-order chi connectivity index (χ1) is 15.3. The van der Waals surface area contributed by atoms with Crippen LogP contribution >= 0.6 is 0 Å². The van der Waals surface area contributed by atoms with Gasteiger partial charge in [-0.2, -0.15) is 0 Å². The average molecular weight is 435 g/mol. The van der Waals surface area contributed by atoms with Crippen LogP contribution in [0.3, 0.4) is 0 Å². The molecule has 1 aromatic heterocycles. The Morgan fingerprint density at radius 1 is 1.16 bits per heavy atom. The van der Waals surface area contributed by atoms with Crippen LogP contribution in [0.5, 0.6) is 5.75 Å². The van der Waals surface area contributed by atoms with Gasteiger partial charge in [-0.05, 0) is 41.8 Å². The standard InChI is InChI=1S/C26H30N2O4/c1-5-7-19(20-12-11-18(26(30)31)15-24(20)32-4)22-16-27-23-13-10-17(14-21(22)23)8-6-9-25(29)28(2)3/h6,8,10-16,19,27H,5,7,9H2,1-4H3,(H,30,31). The molecule has 32 heavy (non-hydrogen) atoms. The molecule has 3 rings (SSSR count). The molecule has 6 heteroatoms. The first-order valence-electron chi connectivity index (χ1n) is 10.7. The molecule has 0 saturated heterocycles. The number of H-pyrrole nitrogens is 1. The minimum absolute atomic E-state index is 0.0566. The minimum Gasteiger partial charge on any atom is -0.496 e. The van der Waals surface area contributed by atoms with E-state index in [-0.39, 0.29) is 17.4 Å². The molecule has 0 fully saturated rings. The number of nitrogens with zero attached hydrogens (tertiary/aromatic N) is 1. The minimum atomic E-state index is -0.974. The van der Waals surface area contributed by atoms with Gasteiger partial charge in [0, 0.05) is 49.1 Å². The number of carbonyl (C=O) groups excluding carboxylic acids is 1. The molecule has 1 unspecified atom stereocenters. The summed E-state index contributed by atoms with van der Waals surface area (Å²) in [6.45, 7) is 2.13. The van der Waals surface area contributed by atoms with Crippen molar-refractivity contribution in [2.75, 3.05) is 21.2 Å². The number of aromatic carboxylic acids is 1. The third kappa shape index (κ3) is 5.02. The summed E-state index contributed by atoms with van der Waals surface area (Å²) in [7, 11) is 5.07. The fraction of sp³-hybridized carbons (Fsp3) is 0.308. The first kappa shape index (κ1) is 23.1. The first-order valence-corrected chi connectivity index (χ1v) is 10.7. The maximum atomic E-state index is 11.8. The highest BCUT2D eigenvalue weighted by Gasteiger charge is 2.22. The summed E-state index contributed by atoms with van der Waals surface area (Å²) in [4.78, 5) is 28.2. The number of carboxylic acids is 1. The molecule has 1 heterocycles. The lowest BCUT2D eigenvalue weighted by Crippen LogP contribution is -2.20. The molecule has 3 aromatic rings. The van der Waals surface area contributed by atoms with Crippen molar-refractivity contribution in [1.29, 1.82) is 0 Å². The highest BCUT2D eigenvalue weighted by Crippen LogP contribution is 2.39. The second kappa shape index (κ2) is 10.2. The molecule has 0 radical (unpaired) electrons. The molecule has 0 bridgehead atoms. The van der Waals surface area contributed by atoms with E-state index in [0.717, 1.165) is 40.4 Å². The third-order valence-electron chi connectivity index (χ3n) is 5.65. The molecule has 2 aromatic carbocycles. The Labute approximate surface area is 188 Å². The normalized spacial score (nSPS) is 12.2. The van der Waals surface area contributed by atoms with Crippen molar-refractivity contribution in [2.24, 2.45) is 0 Å². The molecule has 2 N–H and O–H groups in total. The van der Waals surface area contributed by atoms with Gasteiger partial charge in [-0.15, -0.1) is 0 Å². The zero-order valence-electron chi connectivity index (χ0n) is 19.0. The molecule has 0 saturated carbocycles. The number of amides is 1. The molecule has 1 amide bonds. The van der Waals surface area contributed by atoms with E-state index in [0.29, 0.717) is 12.2 Å². The Hall–Kier alpha value is -3.54. The number of carbonyl (C=O) groups is 2. The van der Waals surface area contributed by atoms with Crippen LogP contribution in [0.4, 0.5) is 0 Å². The van der Waals surface area contributed by atoms with Gasteiger partial charge in [0.15, 0.2) is 0 Å². The number of rotatable bonds is 9. The zero-order chi connectivity index (χ0) is 23.3. The Kier molecular flexibility index (Phi) is 7.36. The maximum Gasteiger partial charge on any atom is 0.335 e. The number of fused-ring (bicyclic) bond motifs is 1. The van der Waals surface area contributed by atoms with E-state index >= 15 is 0 Å². The zero-order valence-corrected chi connectivity index (χ0v) is 19.0. The Morgan fingerprint density at radius 3 is 2.59 bits per heavy atom. The van der Waals surface area contributed by atoms with E-state index in [2.05, 4.69) is 18.0 Å². The summed E-state index contributed by atoms with van der Waals surface area (Å²) in [6, 6.07) is 11.3. The van der Waals surface area contributed by atoms with Crippen LogP contribution in [0, 0.1) is 0 Å². The van der Waals surface area contributed by atoms with Crippen molar-refractivity contribution in [1.82, 2.24) is 9.88 Å². The van der Waals surface area contributed by atoms with Crippen molar-refractivity contribution in [3.63, 3.8) is 0 Å². The smallest absolute Gasteiger partial charge is 0.335 e. The van der Waals surface area contributed by atoms with Gasteiger partial charge in [-0.3, -0.25) is 4.79 Å². The van der Waals surface area contributed by atoms with E-state index in [1.165, 1.54) is 0 Å². The van der Waals surface area contributed by atoms with E-state index in [4.69, 9.17) is 4.74 Å². The van der Waals surface area contributed by atoms with Gasteiger partial charge in [0.05, 0.1) is 12.7 Å². The number of nitrogens with one attached hydrogen (secondary N) is 1. The number of hydrogen-bond acceptors (Lipinski definition) is 3. The van der Waals surface area contributed by atoms with E-state index < -0.39 is 5.97 Å². The molecule has 168 valence electrons. The lowest BCUT2D eigenvalue weighted by molar-refractivity contribution is -0.127. The van der Waals surface area contributed by atoms with E-state index in [1.807, 2.05) is 36.5 Å². The lowest BCUT2D eigenvalue weighted by atomic mass is 9.86. The topological polar surface area (TPSA) is 82.6 Å². The van der Waals surface area contributed by atoms with Crippen molar-refractivity contribution in [3.05, 3.63) is 70.9 Å². The Balaban J connectivity index is 2.01. The third-order valence-corrected chi connectivity index (χ3v) is 5.65. The van der Waals surface area contributed by atoms with Gasteiger partial charge >= 0.3 is 5.97 Å². The van der Waals surface area contributed by atoms with Crippen molar-refractivity contribution in [3.8, 4) is 5.75 Å². The second-order valence-corrected chi connectivity index (χ2v) is 8.05. The van der Waals surface area contributed by atoms with E-state index in [1.54, 1.807) is 38.2 Å². The molecule has 0 aliphatic rings. The van der Waals surface area contributed by atoms with Crippen molar-refractivity contribution in [2.45, 2.75) is 32.1 Å². The SMILES string of the molecule is CCCC(c1ccc(C(=O)O)cc1OC)c1c[nH]c2ccc(C=CCC(=O)N(C)C)cc12. The van der Waals surface area contributed by atoms with Crippen LogP contribution in [0.2, 0.25) is 0 Å². The number of methoxy groups -OCH3 is 1. The molecule has 0 aliphatic heterocycles. The fourth-order valence-corrected chi connectivity index (χ4v) is 3.93. The highest BCUT2D eigenvalue weighted by atomic mass is 16.5. The average Bonchev–Trinajstić information content (AvgIpc) is 3.19. The van der Waals surface area contributed by atoms with Gasteiger partial charge in [-0.25, -0.2) is 4.79 Å². The van der Waals surface area contributed by atoms with Crippen molar-refractivity contribution < 1.29 is 19.4 Å². The van der Waals surface area contributed by atoms with Crippen LogP contribution in [0.15, 0.2) is 48.7 Å². The molecular formula is C26H30N2O4. The summed E-state index contributed by atoms with van der Waals surface area (Å²) in [6.07, 6.45) is 8.09. The van der Waals surface area contributed by atoms with Crippen LogP contribution in [0.1, 0.15) is 59.2 Å². The predicted octanol–water partition coefficient (Wildman–Crippen LogP) is 5.30. The summed E-state index contributed by atoms with van der Waals surface area (Å²) in [5.74, 6) is -0.278. The maximum absolute atomic E-state index is 11.8. The van der Waals surface area contributed by atoms with Crippen LogP contribution in [-0.2, 0) is 4.79 Å². The Morgan fingerprint density at radius 2 is 1.94 bits per heavy atom. The number of hydrogen-bond donors (Lipinski definition) is 2. The number of ether oxygens (including phenoxy) is 1. The highest BCUT2D eigenvalue weighted by molar-refractivity contribution is 5.89. The van der Waals surface area contributed by atoms with E-state index in [9.17, 15) is 14.7 Å². The summed E-state index contributed by atoms with van der Waals surface area (Å²) in [5, 5.41) is 10.4. The van der Waals surface area contributed by atoms with Gasteiger partial charge in [0.1, 0.15) is 5.75 Å². The van der Waals surface area contributed by atoms with Crippen molar-refractivity contribution >= 4 is 28.9 Å².